The lowest BCUT2D eigenvalue weighted by molar-refractivity contribution is -0.146. The number of rotatable bonds is 5. The predicted molar refractivity (Wildman–Crippen MR) is 66.1 cm³/mol. The van der Waals surface area contributed by atoms with Crippen molar-refractivity contribution in [2.24, 2.45) is 17.3 Å². The quantitative estimate of drug-likeness (QED) is 0.405. The summed E-state index contributed by atoms with van der Waals surface area (Å²) in [5, 5.41) is 0. The van der Waals surface area contributed by atoms with Gasteiger partial charge in [-0.3, -0.25) is 4.79 Å². The smallest absolute Gasteiger partial charge is 0.310 e. The number of allylic oxidation sites excluding steroid dienone is 2. The van der Waals surface area contributed by atoms with E-state index in [1.54, 1.807) is 0 Å². The molecule has 1 saturated carbocycles. The fourth-order valence-electron chi connectivity index (χ4n) is 2.20. The van der Waals surface area contributed by atoms with E-state index in [0.29, 0.717) is 12.5 Å². The van der Waals surface area contributed by atoms with Gasteiger partial charge in [0.1, 0.15) is 0 Å². The molecule has 0 radical (unpaired) electrons. The van der Waals surface area contributed by atoms with Crippen LogP contribution in [-0.4, -0.2) is 12.6 Å². The number of unbranched alkanes of at least 4 members (excludes halogenated alkanes) is 1. The van der Waals surface area contributed by atoms with Gasteiger partial charge in [0.2, 0.25) is 0 Å². The minimum atomic E-state index is -0.0130. The summed E-state index contributed by atoms with van der Waals surface area (Å²) >= 11 is 0. The highest BCUT2D eigenvalue weighted by Gasteiger charge is 2.61. The molecule has 2 nitrogen and oxygen atoms in total. The van der Waals surface area contributed by atoms with Crippen LogP contribution >= 0.6 is 0 Å². The second-order valence-electron chi connectivity index (χ2n) is 5.59. The zero-order valence-corrected chi connectivity index (χ0v) is 11.2. The predicted octanol–water partition coefficient (Wildman–Crippen LogP) is 3.57. The molecule has 0 saturated heterocycles. The highest BCUT2D eigenvalue weighted by molar-refractivity contribution is 5.78. The molecule has 1 rings (SSSR count). The van der Waals surface area contributed by atoms with Crippen LogP contribution in [0.25, 0.3) is 0 Å². The molecular formula is C14H24O2. The maximum absolute atomic E-state index is 11.8. The summed E-state index contributed by atoms with van der Waals surface area (Å²) in [7, 11) is 0. The number of hydrogen-bond acceptors (Lipinski definition) is 2. The van der Waals surface area contributed by atoms with Crippen molar-refractivity contribution in [2.45, 2.75) is 47.5 Å². The normalized spacial score (nSPS) is 26.1. The summed E-state index contributed by atoms with van der Waals surface area (Å²) < 4.78 is 5.29. The lowest BCUT2D eigenvalue weighted by atomic mass is 10.1. The van der Waals surface area contributed by atoms with Crippen molar-refractivity contribution in [1.82, 2.24) is 0 Å². The molecule has 0 unspecified atom stereocenters. The molecule has 0 N–H and O–H groups in total. The van der Waals surface area contributed by atoms with E-state index >= 15 is 0 Å². The Morgan fingerprint density at radius 1 is 1.38 bits per heavy atom. The van der Waals surface area contributed by atoms with Crippen molar-refractivity contribution < 1.29 is 9.53 Å². The Bertz CT molecular complexity index is 285. The van der Waals surface area contributed by atoms with Gasteiger partial charge in [-0.1, -0.05) is 38.8 Å². The van der Waals surface area contributed by atoms with Gasteiger partial charge in [-0.2, -0.15) is 0 Å². The Morgan fingerprint density at radius 3 is 2.50 bits per heavy atom. The van der Waals surface area contributed by atoms with Gasteiger partial charge in [0.15, 0.2) is 0 Å². The summed E-state index contributed by atoms with van der Waals surface area (Å²) in [6.07, 6.45) is 4.23. The van der Waals surface area contributed by atoms with Crippen molar-refractivity contribution in [2.75, 3.05) is 6.61 Å². The molecule has 0 heterocycles. The number of carbonyl (C=O) groups excluding carboxylic acids is 1. The molecule has 16 heavy (non-hydrogen) atoms. The van der Waals surface area contributed by atoms with E-state index in [1.165, 1.54) is 5.57 Å². The Kier molecular flexibility index (Phi) is 4.17. The molecule has 2 atom stereocenters. The summed E-state index contributed by atoms with van der Waals surface area (Å²) in [6, 6.07) is 0. The molecular weight excluding hydrogens is 200 g/mol. The topological polar surface area (TPSA) is 26.3 Å². The first-order chi connectivity index (χ1) is 7.41. The van der Waals surface area contributed by atoms with Gasteiger partial charge in [0.25, 0.3) is 0 Å². The molecule has 1 aliphatic rings. The van der Waals surface area contributed by atoms with E-state index in [1.807, 2.05) is 0 Å². The van der Waals surface area contributed by atoms with Crippen molar-refractivity contribution in [1.29, 1.82) is 0 Å². The minimum absolute atomic E-state index is 0.0130. The van der Waals surface area contributed by atoms with Crippen LogP contribution in [0.15, 0.2) is 11.6 Å². The van der Waals surface area contributed by atoms with Gasteiger partial charge in [-0.15, -0.1) is 0 Å². The lowest BCUT2D eigenvalue weighted by Crippen LogP contribution is -2.11. The average molecular weight is 224 g/mol. The van der Waals surface area contributed by atoms with Crippen molar-refractivity contribution >= 4 is 5.97 Å². The zero-order valence-electron chi connectivity index (χ0n) is 11.2. The van der Waals surface area contributed by atoms with E-state index in [-0.39, 0.29) is 17.3 Å². The van der Waals surface area contributed by atoms with Gasteiger partial charge in [-0.25, -0.2) is 0 Å². The molecule has 0 spiro atoms. The summed E-state index contributed by atoms with van der Waals surface area (Å²) in [6.45, 7) is 11.1. The van der Waals surface area contributed by atoms with Crippen LogP contribution in [0.1, 0.15) is 47.5 Å². The fourth-order valence-corrected chi connectivity index (χ4v) is 2.20. The Hall–Kier alpha value is -0.790. The number of esters is 1. The van der Waals surface area contributed by atoms with Crippen LogP contribution in [0.4, 0.5) is 0 Å². The summed E-state index contributed by atoms with van der Waals surface area (Å²) in [5.74, 6) is 0.423. The monoisotopic (exact) mass is 224 g/mol. The standard InChI is InChI=1S/C14H24O2/c1-6-7-8-16-13(15)12-11(9-10(2)3)14(12,4)5/h9,11-12H,6-8H2,1-5H3/t11-,12+/m0/s1. The largest absolute Gasteiger partial charge is 0.465 e. The van der Waals surface area contributed by atoms with E-state index in [2.05, 4.69) is 40.7 Å². The number of ether oxygens (including phenoxy) is 1. The lowest BCUT2D eigenvalue weighted by Gasteiger charge is -2.04. The molecule has 1 aliphatic carbocycles. The molecule has 0 aliphatic heterocycles. The molecule has 92 valence electrons. The molecule has 0 amide bonds. The van der Waals surface area contributed by atoms with Gasteiger partial charge in [0.05, 0.1) is 12.5 Å². The van der Waals surface area contributed by atoms with E-state index in [0.717, 1.165) is 12.8 Å². The SMILES string of the molecule is CCCCOC(=O)[C@H]1[C@H](C=C(C)C)C1(C)C. The van der Waals surface area contributed by atoms with E-state index < -0.39 is 0 Å². The second kappa shape index (κ2) is 5.03. The first-order valence-electron chi connectivity index (χ1n) is 6.23. The van der Waals surface area contributed by atoms with Gasteiger partial charge in [0, 0.05) is 0 Å². The van der Waals surface area contributed by atoms with E-state index in [4.69, 9.17) is 4.74 Å². The van der Waals surface area contributed by atoms with Crippen LogP contribution in [0.5, 0.6) is 0 Å². The average Bonchev–Trinajstić information content (AvgIpc) is 2.67. The van der Waals surface area contributed by atoms with Crippen LogP contribution in [0.3, 0.4) is 0 Å². The van der Waals surface area contributed by atoms with Crippen molar-refractivity contribution in [3.05, 3.63) is 11.6 Å². The first-order valence-corrected chi connectivity index (χ1v) is 6.23. The number of hydrogen-bond donors (Lipinski definition) is 0. The molecule has 0 bridgehead atoms. The van der Waals surface area contributed by atoms with E-state index in [9.17, 15) is 4.79 Å². The third-order valence-corrected chi connectivity index (χ3v) is 3.42. The van der Waals surface area contributed by atoms with Gasteiger partial charge in [-0.05, 0) is 31.6 Å². The first kappa shape index (κ1) is 13.3. The van der Waals surface area contributed by atoms with Gasteiger partial charge >= 0.3 is 5.97 Å². The van der Waals surface area contributed by atoms with Crippen molar-refractivity contribution in [3.8, 4) is 0 Å². The highest BCUT2D eigenvalue weighted by atomic mass is 16.5. The third-order valence-electron chi connectivity index (χ3n) is 3.42. The maximum Gasteiger partial charge on any atom is 0.310 e. The Labute approximate surface area is 99.1 Å². The molecule has 2 heteroatoms. The molecule has 0 aromatic rings. The van der Waals surface area contributed by atoms with Crippen LogP contribution < -0.4 is 0 Å². The second-order valence-corrected chi connectivity index (χ2v) is 5.59. The Balaban J connectivity index is 2.49. The Morgan fingerprint density at radius 2 is 2.00 bits per heavy atom. The van der Waals surface area contributed by atoms with Crippen LogP contribution in [0.2, 0.25) is 0 Å². The third kappa shape index (κ3) is 2.87. The fraction of sp³-hybridized carbons (Fsp3) is 0.786. The molecule has 0 aromatic heterocycles. The summed E-state index contributed by atoms with van der Waals surface area (Å²) in [5.41, 5.74) is 1.36. The molecule has 1 fully saturated rings. The summed E-state index contributed by atoms with van der Waals surface area (Å²) in [4.78, 5) is 11.8. The van der Waals surface area contributed by atoms with Gasteiger partial charge < -0.3 is 4.74 Å². The minimum Gasteiger partial charge on any atom is -0.465 e. The van der Waals surface area contributed by atoms with Crippen LogP contribution in [0, 0.1) is 17.3 Å². The van der Waals surface area contributed by atoms with Crippen molar-refractivity contribution in [3.63, 3.8) is 0 Å². The van der Waals surface area contributed by atoms with Crippen LogP contribution in [-0.2, 0) is 9.53 Å². The zero-order chi connectivity index (χ0) is 12.3. The highest BCUT2D eigenvalue weighted by Crippen LogP contribution is 2.59. The maximum atomic E-state index is 11.8. The number of carbonyl (C=O) groups is 1. The molecule has 0 aromatic carbocycles.